The lowest BCUT2D eigenvalue weighted by Gasteiger charge is -2.26. The number of aromatic nitrogens is 4. The zero-order valence-electron chi connectivity index (χ0n) is 75.9. The van der Waals surface area contributed by atoms with Crippen LogP contribution in [0.3, 0.4) is 0 Å². The third kappa shape index (κ3) is 18.2. The molecule has 20 rings (SSSR count). The molecule has 5 heterocycles. The number of aromatic amines is 2. The summed E-state index contributed by atoms with van der Waals surface area (Å²) in [6.45, 7) is 1.32. The Morgan fingerprint density at radius 3 is 0.765 bits per heavy atom. The molecule has 0 fully saturated rings. The lowest BCUT2D eigenvalue weighted by molar-refractivity contribution is -0.382. The van der Waals surface area contributed by atoms with Crippen LogP contribution in [-0.4, -0.2) is 93.8 Å². The van der Waals surface area contributed by atoms with E-state index in [4.69, 9.17) is 33.7 Å². The van der Waals surface area contributed by atoms with Crippen molar-refractivity contribution < 1.29 is 27.6 Å². The molecule has 12 nitrogen and oxygen atoms in total. The van der Waals surface area contributed by atoms with Crippen LogP contribution in [-0.2, 0) is 0 Å². The largest absolute Gasteiger partial charge is 0.492 e. The van der Waals surface area contributed by atoms with Gasteiger partial charge in [-0.05, 0) is 155 Å². The molecular formula is C120H104N8O4P4+2. The molecule has 2 aliphatic rings. The summed E-state index contributed by atoms with van der Waals surface area (Å²) in [4.78, 5) is 20.3. The molecule has 16 heteroatoms. The highest BCUT2D eigenvalue weighted by atomic mass is 31.2. The molecule has 0 saturated carbocycles. The summed E-state index contributed by atoms with van der Waals surface area (Å²) in [6, 6.07) is 160. The normalized spacial score (nSPS) is 12.0. The molecule has 0 radical (unpaired) electrons. The summed E-state index contributed by atoms with van der Waals surface area (Å²) >= 11 is 0. The Labute approximate surface area is 796 Å². The van der Waals surface area contributed by atoms with Crippen molar-refractivity contribution in [3.05, 3.63) is 478 Å². The summed E-state index contributed by atoms with van der Waals surface area (Å²) in [6.07, 6.45) is 11.0. The molecule has 2 aliphatic heterocycles. The van der Waals surface area contributed by atoms with E-state index in [0.29, 0.717) is 90.2 Å². The van der Waals surface area contributed by atoms with Gasteiger partial charge in [0, 0.05) is 138 Å². The van der Waals surface area contributed by atoms with Crippen molar-refractivity contribution in [3.63, 3.8) is 0 Å². The second-order valence-corrected chi connectivity index (χ2v) is 47.3. The van der Waals surface area contributed by atoms with Crippen molar-refractivity contribution in [1.82, 2.24) is 19.9 Å². The Bertz CT molecular complexity index is 7420. The van der Waals surface area contributed by atoms with Gasteiger partial charge in [-0.25, -0.2) is 18.6 Å². The fourth-order valence-corrected chi connectivity index (χ4v) is 33.2. The number of fused-ring (bicyclic) bond motifs is 8. The topological polar surface area (TPSA) is 137 Å². The van der Waals surface area contributed by atoms with Gasteiger partial charge in [0.2, 0.25) is 11.4 Å². The molecular weight excluding hydrogens is 1740 g/mol. The maximum absolute atomic E-state index is 10.5. The van der Waals surface area contributed by atoms with Crippen LogP contribution >= 0.6 is 28.2 Å². The van der Waals surface area contributed by atoms with Crippen molar-refractivity contribution in [3.8, 4) is 67.5 Å². The van der Waals surface area contributed by atoms with Gasteiger partial charge in [0.1, 0.15) is 37.1 Å². The number of para-hydroxylation sites is 6. The Morgan fingerprint density at radius 1 is 0.250 bits per heavy atom. The molecule has 3 aromatic heterocycles. The fraction of sp³-hybridized carbons (Fsp3) is 0.0833. The van der Waals surface area contributed by atoms with E-state index in [1.54, 1.807) is 0 Å². The predicted molar refractivity (Wildman–Crippen MR) is 574 cm³/mol. The molecule has 0 atom stereocenters. The molecule has 0 amide bonds. The first-order valence-corrected chi connectivity index (χ1v) is 54.0. The SMILES string of the molecule is C[N+](c1ccccc1)=P(CCOc1ccccc1-c1c2nc(c(-c3ccccc3OCCP(=Nc3ccccc3)(c3ccccc3)c3ccccc3)c3ccc([nH]3)c(-c3ccccc3OCCP(c3ccccc3)(c3ccccc3)=[N+](C)c3ccccc3)c3nc(c(-c4ccccc4OCCP(=N)(c4ccccc4)c4ccccc4)c4ccc1[nH]4)C=C3)C=C2)(c1ccccc1)c1ccccc1. The van der Waals surface area contributed by atoms with Crippen molar-refractivity contribution in [2.45, 2.75) is 0 Å². The van der Waals surface area contributed by atoms with E-state index in [1.165, 1.54) is 21.2 Å². The number of nitrogens with zero attached hydrogens (tertiary/aromatic N) is 5. The Balaban J connectivity index is 0.802. The van der Waals surface area contributed by atoms with Gasteiger partial charge in [0.25, 0.3) is 0 Å². The van der Waals surface area contributed by atoms with Crippen molar-refractivity contribution in [2.24, 2.45) is 4.74 Å². The predicted octanol–water partition coefficient (Wildman–Crippen LogP) is 27.1. The van der Waals surface area contributed by atoms with Crippen LogP contribution in [0.25, 0.3) is 90.9 Å². The minimum Gasteiger partial charge on any atom is -0.492 e. The van der Waals surface area contributed by atoms with Gasteiger partial charge < -0.3 is 34.1 Å². The molecule has 0 saturated heterocycles. The quantitative estimate of drug-likeness (QED) is 0.0370. The van der Waals surface area contributed by atoms with Gasteiger partial charge in [-0.3, -0.25) is 4.74 Å². The summed E-state index contributed by atoms with van der Waals surface area (Å²) < 4.78 is 40.7. The molecule has 0 spiro atoms. The average Bonchev–Trinajstić information content (AvgIpc) is 1.50. The van der Waals surface area contributed by atoms with E-state index in [9.17, 15) is 5.16 Å². The maximum atomic E-state index is 10.5. The summed E-state index contributed by atoms with van der Waals surface area (Å²) in [5.41, 5.74) is 15.7. The molecule has 666 valence electrons. The second-order valence-electron chi connectivity index (χ2n) is 33.7. The lowest BCUT2D eigenvalue weighted by atomic mass is 10.0. The number of H-pyrrole nitrogens is 2. The van der Waals surface area contributed by atoms with Crippen LogP contribution in [0.5, 0.6) is 23.0 Å². The van der Waals surface area contributed by atoms with E-state index >= 15 is 0 Å². The number of hydrogen-bond acceptors (Lipinski definition) is 8. The van der Waals surface area contributed by atoms with Gasteiger partial charge in [-0.15, -0.1) is 0 Å². The number of benzene rings is 15. The first-order chi connectivity index (χ1) is 67.1. The average molecular weight is 1850 g/mol. The highest BCUT2D eigenvalue weighted by Gasteiger charge is 2.38. The highest BCUT2D eigenvalue weighted by molar-refractivity contribution is 7.81. The van der Waals surface area contributed by atoms with Crippen molar-refractivity contribution in [1.29, 1.82) is 5.16 Å². The smallest absolute Gasteiger partial charge is 0.200 e. The van der Waals surface area contributed by atoms with E-state index in [0.717, 1.165) is 105 Å². The number of rotatable bonds is 31. The Kier molecular flexibility index (Phi) is 26.7. The Morgan fingerprint density at radius 2 is 0.478 bits per heavy atom. The third-order valence-corrected chi connectivity index (χ3v) is 41.6. The van der Waals surface area contributed by atoms with Crippen LogP contribution in [0.15, 0.2) is 460 Å². The zero-order chi connectivity index (χ0) is 91.9. The first kappa shape index (κ1) is 88.9. The molecule has 18 aromatic rings. The van der Waals surface area contributed by atoms with Crippen molar-refractivity contribution >= 4 is 134 Å². The summed E-state index contributed by atoms with van der Waals surface area (Å²) in [5.74, 6) is 2.72. The minimum atomic E-state index is -2.73. The monoisotopic (exact) mass is 1840 g/mol. The molecule has 3 N–H and O–H groups in total. The van der Waals surface area contributed by atoms with E-state index in [2.05, 4.69) is 457 Å². The van der Waals surface area contributed by atoms with Gasteiger partial charge in [0.05, 0.1) is 67.2 Å². The van der Waals surface area contributed by atoms with Crippen LogP contribution in [0.1, 0.15) is 22.8 Å². The van der Waals surface area contributed by atoms with Crippen LogP contribution in [0.4, 0.5) is 17.1 Å². The number of nitrogens with one attached hydrogen (secondary N) is 3. The molecule has 0 unspecified atom stereocenters. The zero-order valence-corrected chi connectivity index (χ0v) is 79.5. The van der Waals surface area contributed by atoms with Crippen LogP contribution in [0.2, 0.25) is 0 Å². The molecule has 15 aromatic carbocycles. The fourth-order valence-electron chi connectivity index (χ4n) is 19.3. The Hall–Kier alpha value is -15.0. The number of hydrogen-bond donors (Lipinski definition) is 3. The molecule has 0 aliphatic carbocycles. The van der Waals surface area contributed by atoms with Gasteiger partial charge in [0.15, 0.2) is 14.1 Å². The standard InChI is InChI=1S/C120H104N8O4P4/c1-127(91-46-16-4-17-47-91)135(97-58-28-10-29-59-97,98-60-30-11-31-61-98)88-84-131-115-72-42-38-68-103(115)119-109-78-74-105(122-109)117(101-66-36-40-70-113(101)129-82-86-133(121,93-50-20-6-21-51-93)94-52-22-7-23-53-94)106-75-79-110(123-106)120(104-69-39-43-73-116(104)132-85-89-136(99-62-32-12-33-63-99,100-64-34-13-35-65-100)128(2)92-48-18-5-19-49-92)112-81-77-108(125-112)118(107-76-80-111(119)124-107)102-67-37-41-71-114(102)130-83-87-134(95-54-24-8-25-55-95,96-56-26-9-27-57-96)126-90-44-14-3-15-45-90/h3-81,121-122,125H,82-89H2,1-2H3/q+2. The third-order valence-electron chi connectivity index (χ3n) is 25.9. The van der Waals surface area contributed by atoms with E-state index in [-0.39, 0.29) is 6.61 Å². The van der Waals surface area contributed by atoms with Crippen LogP contribution < -0.4 is 61.4 Å². The van der Waals surface area contributed by atoms with Gasteiger partial charge >= 0.3 is 0 Å². The van der Waals surface area contributed by atoms with E-state index in [1.807, 2.05) is 54.6 Å². The van der Waals surface area contributed by atoms with Gasteiger partial charge in [-0.1, -0.05) is 322 Å². The highest BCUT2D eigenvalue weighted by Crippen LogP contribution is 2.55. The summed E-state index contributed by atoms with van der Waals surface area (Å²) in [7, 11) is -5.79. The van der Waals surface area contributed by atoms with Gasteiger partial charge in [-0.2, -0.15) is 0 Å². The second kappa shape index (κ2) is 40.8. The first-order valence-electron chi connectivity index (χ1n) is 46.3. The number of ether oxygens (including phenoxy) is 4. The maximum Gasteiger partial charge on any atom is 0.200 e. The molecule has 136 heavy (non-hydrogen) atoms. The van der Waals surface area contributed by atoms with E-state index < -0.39 is 28.2 Å². The van der Waals surface area contributed by atoms with Crippen molar-refractivity contribution in [2.75, 3.05) is 65.2 Å². The minimum absolute atomic E-state index is 0.264. The molecule has 8 bridgehead atoms. The van der Waals surface area contributed by atoms with Crippen LogP contribution in [0, 0.1) is 5.16 Å². The summed E-state index contributed by atoms with van der Waals surface area (Å²) in [5, 5.41) is 19.8. The lowest BCUT2D eigenvalue weighted by Crippen LogP contribution is -2.27.